The standard InChI is InChI=1S/C31H40F6N4O2/c1-2-3-4-5-6-7-16-43-28-10-8-23(9-11-28)20-39-12-14-40(15-13-39)27-21-41(22-27)29(42)38-26-18-24(30(32,33)34)17-25(19-26)31(35,36)37/h8-11,17-19,27H,2-7,12-16,20-22H2,1H3,(H,38,42). The van der Waals surface area contributed by atoms with Crippen LogP contribution in [0.25, 0.3) is 0 Å². The minimum absolute atomic E-state index is 0.0381. The van der Waals surface area contributed by atoms with Gasteiger partial charge < -0.3 is 15.0 Å². The molecule has 2 fully saturated rings. The number of unbranched alkanes of at least 4 members (excludes halogenated alkanes) is 5. The van der Waals surface area contributed by atoms with Crippen LogP contribution in [0.3, 0.4) is 0 Å². The SMILES string of the molecule is CCCCCCCCOc1ccc(CN2CCN(C3CN(C(=O)Nc4cc(C(F)(F)F)cc(C(F)(F)F)c4)C3)CC2)cc1. The number of anilines is 1. The Balaban J connectivity index is 1.16. The number of likely N-dealkylation sites (tertiary alicyclic amines) is 1. The van der Waals surface area contributed by atoms with Crippen LogP contribution in [0.4, 0.5) is 36.8 Å². The van der Waals surface area contributed by atoms with Crippen LogP contribution in [0.15, 0.2) is 42.5 Å². The van der Waals surface area contributed by atoms with Gasteiger partial charge in [0, 0.05) is 57.5 Å². The Hall–Kier alpha value is -2.99. The number of ether oxygens (including phenoxy) is 1. The van der Waals surface area contributed by atoms with E-state index in [0.29, 0.717) is 25.2 Å². The van der Waals surface area contributed by atoms with Gasteiger partial charge in [-0.25, -0.2) is 4.79 Å². The average molecular weight is 615 g/mol. The van der Waals surface area contributed by atoms with E-state index < -0.39 is 35.2 Å². The zero-order valence-corrected chi connectivity index (χ0v) is 24.4. The summed E-state index contributed by atoms with van der Waals surface area (Å²) in [6.07, 6.45) is -2.59. The molecule has 0 saturated carbocycles. The Kier molecular flexibility index (Phi) is 11.2. The first kappa shape index (κ1) is 32.9. The number of piperazine rings is 1. The highest BCUT2D eigenvalue weighted by Crippen LogP contribution is 2.37. The van der Waals surface area contributed by atoms with Gasteiger partial charge in [-0.3, -0.25) is 9.80 Å². The van der Waals surface area contributed by atoms with E-state index in [2.05, 4.69) is 34.2 Å². The fourth-order valence-corrected chi connectivity index (χ4v) is 5.39. The maximum absolute atomic E-state index is 13.1. The lowest BCUT2D eigenvalue weighted by Crippen LogP contribution is -2.64. The molecule has 0 radical (unpaired) electrons. The smallest absolute Gasteiger partial charge is 0.416 e. The zero-order chi connectivity index (χ0) is 31.0. The first-order valence-corrected chi connectivity index (χ1v) is 15.0. The number of urea groups is 1. The molecule has 4 rings (SSSR count). The van der Waals surface area contributed by atoms with Gasteiger partial charge >= 0.3 is 18.4 Å². The van der Waals surface area contributed by atoms with E-state index in [4.69, 9.17) is 4.74 Å². The number of hydrogen-bond donors (Lipinski definition) is 1. The van der Waals surface area contributed by atoms with E-state index in [-0.39, 0.29) is 12.1 Å². The van der Waals surface area contributed by atoms with Crippen LogP contribution in [-0.2, 0) is 18.9 Å². The summed E-state index contributed by atoms with van der Waals surface area (Å²) in [6, 6.07) is 8.66. The van der Waals surface area contributed by atoms with Gasteiger partial charge in [0.25, 0.3) is 0 Å². The molecule has 2 aliphatic heterocycles. The molecule has 43 heavy (non-hydrogen) atoms. The molecular formula is C31H40F6N4O2. The number of halogens is 6. The highest BCUT2D eigenvalue weighted by Gasteiger charge is 2.39. The lowest BCUT2D eigenvalue weighted by atomic mass is 10.1. The first-order chi connectivity index (χ1) is 20.4. The van der Waals surface area contributed by atoms with Gasteiger partial charge in [-0.1, -0.05) is 51.2 Å². The van der Waals surface area contributed by atoms with Gasteiger partial charge in [-0.05, 0) is 42.3 Å². The molecular weight excluding hydrogens is 574 g/mol. The highest BCUT2D eigenvalue weighted by atomic mass is 19.4. The molecule has 1 N–H and O–H groups in total. The number of carbonyl (C=O) groups is 1. The summed E-state index contributed by atoms with van der Waals surface area (Å²) in [4.78, 5) is 18.6. The predicted octanol–water partition coefficient (Wildman–Crippen LogP) is 7.50. The molecule has 0 aliphatic carbocycles. The topological polar surface area (TPSA) is 48.1 Å². The van der Waals surface area contributed by atoms with Crippen molar-refractivity contribution >= 4 is 11.7 Å². The molecule has 2 heterocycles. The average Bonchev–Trinajstić information content (AvgIpc) is 2.92. The summed E-state index contributed by atoms with van der Waals surface area (Å²) >= 11 is 0. The predicted molar refractivity (Wildman–Crippen MR) is 153 cm³/mol. The van der Waals surface area contributed by atoms with Gasteiger partial charge in [0.15, 0.2) is 0 Å². The zero-order valence-electron chi connectivity index (χ0n) is 24.4. The molecule has 0 spiro atoms. The molecule has 2 aromatic carbocycles. The number of nitrogens with zero attached hydrogens (tertiary/aromatic N) is 3. The maximum Gasteiger partial charge on any atom is 0.416 e. The third-order valence-electron chi connectivity index (χ3n) is 8.01. The van der Waals surface area contributed by atoms with E-state index in [9.17, 15) is 31.1 Å². The second-order valence-electron chi connectivity index (χ2n) is 11.4. The van der Waals surface area contributed by atoms with E-state index >= 15 is 0 Å². The summed E-state index contributed by atoms with van der Waals surface area (Å²) in [7, 11) is 0. The lowest BCUT2D eigenvalue weighted by Gasteiger charge is -2.48. The third kappa shape index (κ3) is 9.76. The summed E-state index contributed by atoms with van der Waals surface area (Å²) in [5.74, 6) is 0.884. The normalized spacial score (nSPS) is 17.1. The summed E-state index contributed by atoms with van der Waals surface area (Å²) in [5.41, 5.74) is -2.27. The summed E-state index contributed by atoms with van der Waals surface area (Å²) in [6.45, 7) is 7.80. The first-order valence-electron chi connectivity index (χ1n) is 15.0. The van der Waals surface area contributed by atoms with Gasteiger partial charge in [-0.15, -0.1) is 0 Å². The maximum atomic E-state index is 13.1. The number of amides is 2. The van der Waals surface area contributed by atoms with Crippen LogP contribution in [0.5, 0.6) is 5.75 Å². The minimum Gasteiger partial charge on any atom is -0.494 e. The number of alkyl halides is 6. The van der Waals surface area contributed by atoms with E-state index in [1.54, 1.807) is 0 Å². The Labute approximate surface area is 249 Å². The van der Waals surface area contributed by atoms with Crippen molar-refractivity contribution in [2.24, 2.45) is 0 Å². The minimum atomic E-state index is -4.98. The molecule has 2 saturated heterocycles. The second kappa shape index (κ2) is 14.7. The molecule has 238 valence electrons. The molecule has 2 amide bonds. The van der Waals surface area contributed by atoms with Crippen LogP contribution in [0, 0.1) is 0 Å². The summed E-state index contributed by atoms with van der Waals surface area (Å²) in [5, 5.41) is 2.21. The Morgan fingerprint density at radius 3 is 2.00 bits per heavy atom. The number of hydrogen-bond acceptors (Lipinski definition) is 4. The molecule has 2 aliphatic rings. The molecule has 12 heteroatoms. The van der Waals surface area contributed by atoms with Crippen molar-refractivity contribution in [3.8, 4) is 5.75 Å². The molecule has 0 atom stereocenters. The third-order valence-corrected chi connectivity index (χ3v) is 8.01. The van der Waals surface area contributed by atoms with Crippen molar-refractivity contribution in [2.45, 2.75) is 70.4 Å². The lowest BCUT2D eigenvalue weighted by molar-refractivity contribution is -0.143. The molecule has 2 aromatic rings. The molecule has 0 aromatic heterocycles. The van der Waals surface area contributed by atoms with Crippen molar-refractivity contribution < 1.29 is 35.9 Å². The quantitative estimate of drug-likeness (QED) is 0.199. The Bertz CT molecular complexity index is 1140. The van der Waals surface area contributed by atoms with Crippen molar-refractivity contribution in [3.05, 3.63) is 59.2 Å². The van der Waals surface area contributed by atoms with E-state index in [0.717, 1.165) is 51.5 Å². The van der Waals surface area contributed by atoms with E-state index in [1.807, 2.05) is 12.1 Å². The molecule has 0 unspecified atom stereocenters. The van der Waals surface area contributed by atoms with Gasteiger partial charge in [0.2, 0.25) is 0 Å². The second-order valence-corrected chi connectivity index (χ2v) is 11.4. The van der Waals surface area contributed by atoms with Gasteiger partial charge in [-0.2, -0.15) is 26.3 Å². The van der Waals surface area contributed by atoms with Crippen LogP contribution < -0.4 is 10.1 Å². The fourth-order valence-electron chi connectivity index (χ4n) is 5.39. The Morgan fingerprint density at radius 1 is 0.837 bits per heavy atom. The van der Waals surface area contributed by atoms with Crippen LogP contribution in [0.1, 0.15) is 62.1 Å². The largest absolute Gasteiger partial charge is 0.494 e. The van der Waals surface area contributed by atoms with Crippen LogP contribution in [0.2, 0.25) is 0 Å². The summed E-state index contributed by atoms with van der Waals surface area (Å²) < 4.78 is 84.6. The van der Waals surface area contributed by atoms with Crippen molar-refractivity contribution in [1.29, 1.82) is 0 Å². The number of carbonyl (C=O) groups excluding carboxylic acids is 1. The van der Waals surface area contributed by atoms with Crippen molar-refractivity contribution in [1.82, 2.24) is 14.7 Å². The van der Waals surface area contributed by atoms with Gasteiger partial charge in [0.05, 0.1) is 17.7 Å². The number of benzene rings is 2. The fraction of sp³-hybridized carbons (Fsp3) is 0.581. The number of nitrogens with one attached hydrogen (secondary N) is 1. The molecule has 0 bridgehead atoms. The van der Waals surface area contributed by atoms with Crippen molar-refractivity contribution in [2.75, 3.05) is 51.2 Å². The van der Waals surface area contributed by atoms with Gasteiger partial charge in [0.1, 0.15) is 5.75 Å². The van der Waals surface area contributed by atoms with Crippen molar-refractivity contribution in [3.63, 3.8) is 0 Å². The monoisotopic (exact) mass is 614 g/mol. The van der Waals surface area contributed by atoms with Crippen LogP contribution >= 0.6 is 0 Å². The van der Waals surface area contributed by atoms with E-state index in [1.165, 1.54) is 42.6 Å². The number of rotatable bonds is 12. The molecule has 6 nitrogen and oxygen atoms in total. The van der Waals surface area contributed by atoms with Crippen LogP contribution in [-0.4, -0.2) is 72.6 Å². The highest BCUT2D eigenvalue weighted by molar-refractivity contribution is 5.90. The Morgan fingerprint density at radius 2 is 1.42 bits per heavy atom.